The van der Waals surface area contributed by atoms with Crippen LogP contribution >= 0.6 is 0 Å². The molecular weight excluding hydrogens is 364 g/mol. The van der Waals surface area contributed by atoms with Crippen LogP contribution in [0.2, 0.25) is 0 Å². The van der Waals surface area contributed by atoms with Gasteiger partial charge in [0.1, 0.15) is 11.4 Å². The Morgan fingerprint density at radius 3 is 2.70 bits per heavy atom. The number of ether oxygens (including phenoxy) is 1. The molecule has 0 spiro atoms. The van der Waals surface area contributed by atoms with E-state index in [9.17, 15) is 9.35 Å². The lowest BCUT2D eigenvalue weighted by molar-refractivity contribution is 0.181. The first-order valence-corrected chi connectivity index (χ1v) is 10.5. The molecule has 1 saturated heterocycles. The van der Waals surface area contributed by atoms with Crippen molar-refractivity contribution in [2.45, 2.75) is 57.2 Å². The summed E-state index contributed by atoms with van der Waals surface area (Å²) in [5, 5.41) is 0. The van der Waals surface area contributed by atoms with E-state index in [4.69, 9.17) is 9.72 Å². The van der Waals surface area contributed by atoms with Crippen molar-refractivity contribution in [3.8, 4) is 0 Å². The van der Waals surface area contributed by atoms with Crippen molar-refractivity contribution >= 4 is 28.8 Å². The topological polar surface area (TPSA) is 81.9 Å². The van der Waals surface area contributed by atoms with Crippen LogP contribution in [-0.2, 0) is 16.1 Å². The molecule has 0 aromatic carbocycles. The third kappa shape index (κ3) is 3.66. The van der Waals surface area contributed by atoms with Crippen LogP contribution < -0.4 is 9.62 Å². The van der Waals surface area contributed by atoms with Gasteiger partial charge in [-0.1, -0.05) is 0 Å². The largest absolute Gasteiger partial charge is 0.598 e. The number of imidazole rings is 1. The van der Waals surface area contributed by atoms with E-state index in [2.05, 4.69) is 17.0 Å². The third-order valence-electron chi connectivity index (χ3n) is 4.96. The molecule has 27 heavy (non-hydrogen) atoms. The van der Waals surface area contributed by atoms with Gasteiger partial charge in [-0.15, -0.1) is 4.72 Å². The number of fused-ring (bicyclic) bond motifs is 1. The fourth-order valence-electron chi connectivity index (χ4n) is 3.18. The van der Waals surface area contributed by atoms with Crippen molar-refractivity contribution in [1.29, 1.82) is 0 Å². The molecule has 1 N–H and O–H groups in total. The Morgan fingerprint density at radius 1 is 1.37 bits per heavy atom. The van der Waals surface area contributed by atoms with Crippen molar-refractivity contribution in [3.63, 3.8) is 0 Å². The number of carbonyl (C=O) groups is 1. The minimum Gasteiger partial charge on any atom is -0.598 e. The number of nitrogens with zero attached hydrogens (tertiary/aromatic N) is 3. The Balaban J connectivity index is 1.71. The summed E-state index contributed by atoms with van der Waals surface area (Å²) in [6.45, 7) is 8.70. The summed E-state index contributed by atoms with van der Waals surface area (Å²) in [5.74, 6) is 0.557. The van der Waals surface area contributed by atoms with Gasteiger partial charge in [0.05, 0.1) is 24.0 Å². The molecule has 7 nitrogen and oxygen atoms in total. The monoisotopic (exact) mass is 390 g/mol. The Morgan fingerprint density at radius 2 is 2.11 bits per heavy atom. The molecular formula is C19H26N4O3S. The van der Waals surface area contributed by atoms with Gasteiger partial charge in [0, 0.05) is 23.8 Å². The van der Waals surface area contributed by atoms with Gasteiger partial charge in [-0.2, -0.15) is 0 Å². The summed E-state index contributed by atoms with van der Waals surface area (Å²) < 4.78 is 22.3. The van der Waals surface area contributed by atoms with Crippen LogP contribution in [0.1, 0.15) is 63.8 Å². The number of pyridine rings is 1. The lowest BCUT2D eigenvalue weighted by atomic mass is 10.1. The first-order valence-electron chi connectivity index (χ1n) is 9.39. The summed E-state index contributed by atoms with van der Waals surface area (Å²) in [4.78, 5) is 18.5. The summed E-state index contributed by atoms with van der Waals surface area (Å²) >= 11 is -1.19. The fraction of sp³-hybridized carbons (Fsp3) is 0.579. The molecule has 146 valence electrons. The van der Waals surface area contributed by atoms with Crippen LogP contribution in [0.15, 0.2) is 18.5 Å². The molecule has 2 aliphatic rings. The van der Waals surface area contributed by atoms with Crippen molar-refractivity contribution < 1.29 is 14.1 Å². The molecule has 1 unspecified atom stereocenters. The van der Waals surface area contributed by atoms with Crippen molar-refractivity contribution in [2.75, 3.05) is 18.1 Å². The highest BCUT2D eigenvalue weighted by Gasteiger charge is 2.32. The average Bonchev–Trinajstić information content (AvgIpc) is 3.21. The Kier molecular flexibility index (Phi) is 4.60. The number of cyclic esters (lactones) is 1. The minimum absolute atomic E-state index is 0.173. The Labute approximate surface area is 162 Å². The second-order valence-electron chi connectivity index (χ2n) is 8.32. The second kappa shape index (κ2) is 6.68. The fourth-order valence-corrected chi connectivity index (χ4v) is 3.97. The van der Waals surface area contributed by atoms with Gasteiger partial charge in [-0.3, -0.25) is 4.90 Å². The highest BCUT2D eigenvalue weighted by atomic mass is 32.2. The van der Waals surface area contributed by atoms with Crippen LogP contribution in [0.25, 0.3) is 5.65 Å². The molecule has 1 aliphatic heterocycles. The van der Waals surface area contributed by atoms with Crippen LogP contribution in [0.3, 0.4) is 0 Å². The molecule has 2 aromatic rings. The maximum atomic E-state index is 12.4. The molecule has 2 aromatic heterocycles. The van der Waals surface area contributed by atoms with Gasteiger partial charge in [0.15, 0.2) is 5.65 Å². The van der Waals surface area contributed by atoms with Crippen molar-refractivity contribution in [1.82, 2.24) is 14.1 Å². The smallest absolute Gasteiger partial charge is 0.414 e. The number of rotatable bonds is 5. The summed E-state index contributed by atoms with van der Waals surface area (Å²) in [5.41, 5.74) is 3.54. The van der Waals surface area contributed by atoms with Gasteiger partial charge in [-0.05, 0) is 58.1 Å². The van der Waals surface area contributed by atoms with Crippen LogP contribution in [0.5, 0.6) is 0 Å². The number of carbonyl (C=O) groups excluding carboxylic acids is 1. The summed E-state index contributed by atoms with van der Waals surface area (Å²) in [6, 6.07) is 1.90. The predicted molar refractivity (Wildman–Crippen MR) is 105 cm³/mol. The van der Waals surface area contributed by atoms with E-state index >= 15 is 0 Å². The van der Waals surface area contributed by atoms with E-state index in [1.807, 2.05) is 38.3 Å². The quantitative estimate of drug-likeness (QED) is 0.792. The molecule has 1 amide bonds. The lowest BCUT2D eigenvalue weighted by Crippen LogP contribution is -2.40. The van der Waals surface area contributed by atoms with E-state index in [1.165, 1.54) is 18.4 Å². The predicted octanol–water partition coefficient (Wildman–Crippen LogP) is 3.28. The average molecular weight is 391 g/mol. The number of hydrogen-bond donors (Lipinski definition) is 1. The minimum atomic E-state index is -1.19. The number of nitrogens with one attached hydrogen (secondary N) is 1. The third-order valence-corrected chi connectivity index (χ3v) is 6.64. The van der Waals surface area contributed by atoms with Gasteiger partial charge < -0.3 is 13.7 Å². The van der Waals surface area contributed by atoms with Gasteiger partial charge in [-0.25, -0.2) is 9.78 Å². The highest BCUT2D eigenvalue weighted by Crippen LogP contribution is 2.42. The molecule has 1 aliphatic carbocycles. The van der Waals surface area contributed by atoms with E-state index in [0.717, 1.165) is 17.0 Å². The zero-order valence-electron chi connectivity index (χ0n) is 16.2. The molecule has 8 heteroatoms. The zero-order chi connectivity index (χ0) is 19.3. The highest BCUT2D eigenvalue weighted by molar-refractivity contribution is 7.90. The lowest BCUT2D eigenvalue weighted by Gasteiger charge is -2.25. The maximum absolute atomic E-state index is 12.4. The first kappa shape index (κ1) is 18.6. The molecule has 0 radical (unpaired) electrons. The number of anilines is 1. The molecule has 4 rings (SSSR count). The molecule has 2 atom stereocenters. The molecule has 2 fully saturated rings. The van der Waals surface area contributed by atoms with Crippen LogP contribution in [0, 0.1) is 0 Å². The normalized spacial score (nSPS) is 20.2. The standard InChI is InChI=1S/C19H26N4O3S/c1-12(21-27(25)19(2,3)4)15-11-22-10-14(13-5-6-13)9-16(17(22)20-15)23-7-8-26-18(23)24/h9-13,21H,5-8H2,1-4H3/t12-,27?/m1/s1. The van der Waals surface area contributed by atoms with E-state index in [1.54, 1.807) is 4.90 Å². The maximum Gasteiger partial charge on any atom is 0.414 e. The molecule has 3 heterocycles. The van der Waals surface area contributed by atoms with E-state index in [0.29, 0.717) is 19.1 Å². The van der Waals surface area contributed by atoms with E-state index < -0.39 is 11.4 Å². The Bertz CT molecular complexity index is 872. The van der Waals surface area contributed by atoms with Crippen molar-refractivity contribution in [3.05, 3.63) is 29.7 Å². The SMILES string of the molecule is C[C@@H](N[S+]([O-])C(C)(C)C)c1cn2cc(C3CC3)cc(N3CCOC3=O)c2n1. The van der Waals surface area contributed by atoms with Gasteiger partial charge in [0.25, 0.3) is 0 Å². The first-order chi connectivity index (χ1) is 12.7. The van der Waals surface area contributed by atoms with Gasteiger partial charge >= 0.3 is 6.09 Å². The number of amides is 1. The summed E-state index contributed by atoms with van der Waals surface area (Å²) in [6.07, 6.45) is 6.10. The number of hydrogen-bond acceptors (Lipinski definition) is 5. The molecule has 0 bridgehead atoms. The van der Waals surface area contributed by atoms with Gasteiger partial charge in [0.2, 0.25) is 0 Å². The zero-order valence-corrected chi connectivity index (χ0v) is 17.0. The van der Waals surface area contributed by atoms with Crippen LogP contribution in [-0.4, -0.2) is 37.9 Å². The van der Waals surface area contributed by atoms with E-state index in [-0.39, 0.29) is 16.9 Å². The number of aromatic nitrogens is 2. The van der Waals surface area contributed by atoms with Crippen molar-refractivity contribution in [2.24, 2.45) is 0 Å². The second-order valence-corrected chi connectivity index (χ2v) is 10.3. The summed E-state index contributed by atoms with van der Waals surface area (Å²) in [7, 11) is 0. The molecule has 1 saturated carbocycles. The van der Waals surface area contributed by atoms with Crippen LogP contribution in [0.4, 0.5) is 10.5 Å². The Hall–Kier alpha value is -1.77.